The van der Waals surface area contributed by atoms with Crippen molar-refractivity contribution in [2.75, 3.05) is 0 Å². The topological polar surface area (TPSA) is 49.3 Å². The number of amides is 1. The van der Waals surface area contributed by atoms with E-state index < -0.39 is 6.10 Å². The first-order valence-corrected chi connectivity index (χ1v) is 5.72. The Morgan fingerprint density at radius 1 is 1.35 bits per heavy atom. The predicted molar refractivity (Wildman–Crippen MR) is 68.4 cm³/mol. The number of carbonyl (C=O) groups excluding carboxylic acids is 1. The second-order valence-electron chi connectivity index (χ2n) is 4.18. The van der Waals surface area contributed by atoms with E-state index in [4.69, 9.17) is 0 Å². The monoisotopic (exact) mass is 233 g/mol. The first-order valence-electron chi connectivity index (χ1n) is 5.72. The lowest BCUT2D eigenvalue weighted by Crippen LogP contribution is -2.39. The molecule has 17 heavy (non-hydrogen) atoms. The molecule has 1 aromatic rings. The van der Waals surface area contributed by atoms with E-state index in [1.807, 2.05) is 37.3 Å². The van der Waals surface area contributed by atoms with Crippen LogP contribution in [-0.4, -0.2) is 17.1 Å². The van der Waals surface area contributed by atoms with Gasteiger partial charge in [0.1, 0.15) is 6.10 Å². The molecule has 0 saturated heterocycles. The van der Waals surface area contributed by atoms with E-state index in [9.17, 15) is 9.90 Å². The summed E-state index contributed by atoms with van der Waals surface area (Å²) in [5.74, 6) is -0.619. The van der Waals surface area contributed by atoms with Gasteiger partial charge >= 0.3 is 0 Å². The van der Waals surface area contributed by atoms with Crippen LogP contribution >= 0.6 is 0 Å². The van der Waals surface area contributed by atoms with E-state index >= 15 is 0 Å². The molecule has 3 atom stereocenters. The van der Waals surface area contributed by atoms with Gasteiger partial charge in [-0.1, -0.05) is 43.3 Å². The SMILES string of the molecule is C=C[C@H](C)[C@H](O)C(=O)N[C@@H](C)c1ccccc1. The third-order valence-electron chi connectivity index (χ3n) is 2.80. The zero-order valence-electron chi connectivity index (χ0n) is 10.3. The van der Waals surface area contributed by atoms with Crippen molar-refractivity contribution >= 4 is 5.91 Å². The second kappa shape index (κ2) is 6.21. The maximum Gasteiger partial charge on any atom is 0.249 e. The van der Waals surface area contributed by atoms with Crippen LogP contribution in [0.1, 0.15) is 25.5 Å². The quantitative estimate of drug-likeness (QED) is 0.765. The predicted octanol–water partition coefficient (Wildman–Crippen LogP) is 2.05. The fourth-order valence-corrected chi connectivity index (χ4v) is 1.49. The van der Waals surface area contributed by atoms with Gasteiger partial charge < -0.3 is 10.4 Å². The lowest BCUT2D eigenvalue weighted by Gasteiger charge is -2.19. The highest BCUT2D eigenvalue weighted by molar-refractivity contribution is 5.81. The Kier molecular flexibility index (Phi) is 4.91. The summed E-state index contributed by atoms with van der Waals surface area (Å²) in [4.78, 5) is 11.7. The average molecular weight is 233 g/mol. The minimum atomic E-state index is -1.04. The van der Waals surface area contributed by atoms with Crippen molar-refractivity contribution in [1.82, 2.24) is 5.32 Å². The number of benzene rings is 1. The van der Waals surface area contributed by atoms with Gasteiger partial charge in [-0.15, -0.1) is 6.58 Å². The molecule has 3 nitrogen and oxygen atoms in total. The minimum Gasteiger partial charge on any atom is -0.383 e. The zero-order valence-corrected chi connectivity index (χ0v) is 10.3. The summed E-state index contributed by atoms with van der Waals surface area (Å²) in [7, 11) is 0. The van der Waals surface area contributed by atoms with Crippen LogP contribution < -0.4 is 5.32 Å². The molecular weight excluding hydrogens is 214 g/mol. The third kappa shape index (κ3) is 3.71. The Bertz CT molecular complexity index is 375. The Hall–Kier alpha value is -1.61. The molecule has 0 spiro atoms. The summed E-state index contributed by atoms with van der Waals surface area (Å²) >= 11 is 0. The highest BCUT2D eigenvalue weighted by Gasteiger charge is 2.21. The number of carbonyl (C=O) groups is 1. The van der Waals surface area contributed by atoms with Gasteiger partial charge in [-0.3, -0.25) is 4.79 Å². The Balaban J connectivity index is 2.60. The molecule has 1 amide bonds. The van der Waals surface area contributed by atoms with Crippen LogP contribution in [-0.2, 0) is 4.79 Å². The molecule has 92 valence electrons. The molecule has 3 heteroatoms. The molecule has 0 unspecified atom stereocenters. The molecule has 0 aromatic heterocycles. The van der Waals surface area contributed by atoms with Crippen molar-refractivity contribution in [2.24, 2.45) is 5.92 Å². The Labute approximate surface area is 102 Å². The van der Waals surface area contributed by atoms with Crippen LogP contribution in [0.25, 0.3) is 0 Å². The van der Waals surface area contributed by atoms with E-state index in [0.29, 0.717) is 0 Å². The molecule has 1 rings (SSSR count). The highest BCUT2D eigenvalue weighted by Crippen LogP contribution is 2.12. The lowest BCUT2D eigenvalue weighted by molar-refractivity contribution is -0.131. The largest absolute Gasteiger partial charge is 0.383 e. The summed E-state index contributed by atoms with van der Waals surface area (Å²) in [6, 6.07) is 9.52. The van der Waals surface area contributed by atoms with Crippen LogP contribution in [0.3, 0.4) is 0 Å². The van der Waals surface area contributed by atoms with Crippen LogP contribution in [0.2, 0.25) is 0 Å². The van der Waals surface area contributed by atoms with Gasteiger partial charge in [0.05, 0.1) is 6.04 Å². The van der Waals surface area contributed by atoms with E-state index in [1.54, 1.807) is 13.0 Å². The molecule has 0 aliphatic carbocycles. The molecular formula is C14H19NO2. The van der Waals surface area contributed by atoms with Crippen molar-refractivity contribution in [1.29, 1.82) is 0 Å². The van der Waals surface area contributed by atoms with Crippen LogP contribution in [0, 0.1) is 5.92 Å². The van der Waals surface area contributed by atoms with Gasteiger partial charge in [-0.05, 0) is 12.5 Å². The second-order valence-corrected chi connectivity index (χ2v) is 4.18. The van der Waals surface area contributed by atoms with Crippen LogP contribution in [0.5, 0.6) is 0 Å². The van der Waals surface area contributed by atoms with Crippen LogP contribution in [0.15, 0.2) is 43.0 Å². The van der Waals surface area contributed by atoms with E-state index in [0.717, 1.165) is 5.56 Å². The molecule has 0 fully saturated rings. The van der Waals surface area contributed by atoms with E-state index in [1.165, 1.54) is 0 Å². The molecule has 0 bridgehead atoms. The summed E-state index contributed by atoms with van der Waals surface area (Å²) in [6.45, 7) is 7.20. The number of rotatable bonds is 5. The number of aliphatic hydroxyl groups is 1. The van der Waals surface area contributed by atoms with Crippen molar-refractivity contribution in [3.63, 3.8) is 0 Å². The van der Waals surface area contributed by atoms with Crippen molar-refractivity contribution in [3.05, 3.63) is 48.6 Å². The number of hydrogen-bond acceptors (Lipinski definition) is 2. The van der Waals surface area contributed by atoms with Crippen molar-refractivity contribution in [3.8, 4) is 0 Å². The zero-order chi connectivity index (χ0) is 12.8. The minimum absolute atomic E-state index is 0.115. The lowest BCUT2D eigenvalue weighted by atomic mass is 10.0. The fraction of sp³-hybridized carbons (Fsp3) is 0.357. The van der Waals surface area contributed by atoms with Crippen molar-refractivity contribution in [2.45, 2.75) is 26.0 Å². The van der Waals surface area contributed by atoms with Gasteiger partial charge in [0.2, 0.25) is 5.91 Å². The Morgan fingerprint density at radius 2 is 1.94 bits per heavy atom. The standard InChI is InChI=1S/C14H19NO2/c1-4-10(2)13(16)14(17)15-11(3)12-8-6-5-7-9-12/h4-11,13,16H,1H2,2-3H3,(H,15,17)/t10-,11-,13-/m0/s1. The molecule has 0 saturated carbocycles. The molecule has 0 aliphatic heterocycles. The van der Waals surface area contributed by atoms with Gasteiger partial charge in [0, 0.05) is 5.92 Å². The fourth-order valence-electron chi connectivity index (χ4n) is 1.49. The van der Waals surface area contributed by atoms with Crippen molar-refractivity contribution < 1.29 is 9.90 Å². The molecule has 0 heterocycles. The average Bonchev–Trinajstić information content (AvgIpc) is 2.37. The first kappa shape index (κ1) is 13.5. The molecule has 1 aromatic carbocycles. The van der Waals surface area contributed by atoms with Gasteiger partial charge in [-0.2, -0.15) is 0 Å². The first-order chi connectivity index (χ1) is 8.06. The van der Waals surface area contributed by atoms with Gasteiger partial charge in [0.15, 0.2) is 0 Å². The number of aliphatic hydroxyl groups excluding tert-OH is 1. The summed E-state index contributed by atoms with van der Waals surface area (Å²) in [5, 5.41) is 12.5. The normalized spacial score (nSPS) is 15.7. The summed E-state index contributed by atoms with van der Waals surface area (Å²) in [5.41, 5.74) is 1.01. The van der Waals surface area contributed by atoms with E-state index in [-0.39, 0.29) is 17.9 Å². The molecule has 0 aliphatic rings. The van der Waals surface area contributed by atoms with Gasteiger partial charge in [-0.25, -0.2) is 0 Å². The Morgan fingerprint density at radius 3 is 2.47 bits per heavy atom. The molecule has 0 radical (unpaired) electrons. The summed E-state index contributed by atoms with van der Waals surface area (Å²) < 4.78 is 0. The molecule has 2 N–H and O–H groups in total. The highest BCUT2D eigenvalue weighted by atomic mass is 16.3. The van der Waals surface area contributed by atoms with E-state index in [2.05, 4.69) is 11.9 Å². The third-order valence-corrected chi connectivity index (χ3v) is 2.80. The number of hydrogen-bond donors (Lipinski definition) is 2. The smallest absolute Gasteiger partial charge is 0.249 e. The van der Waals surface area contributed by atoms with Gasteiger partial charge in [0.25, 0.3) is 0 Å². The number of nitrogens with one attached hydrogen (secondary N) is 1. The summed E-state index contributed by atoms with van der Waals surface area (Å²) in [6.07, 6.45) is 0.524. The maximum absolute atomic E-state index is 11.7. The van der Waals surface area contributed by atoms with Crippen LogP contribution in [0.4, 0.5) is 0 Å². The maximum atomic E-state index is 11.7.